The first kappa shape index (κ1) is 24.5. The van der Waals surface area contributed by atoms with Crippen molar-refractivity contribution < 1.29 is 4.79 Å². The van der Waals surface area contributed by atoms with Gasteiger partial charge in [-0.2, -0.15) is 0 Å². The fourth-order valence-corrected chi connectivity index (χ4v) is 4.79. The molecule has 2 fully saturated rings. The number of hydrogen-bond acceptors (Lipinski definition) is 4. The third-order valence-electron chi connectivity index (χ3n) is 6.72. The van der Waals surface area contributed by atoms with Crippen LogP contribution in [0.1, 0.15) is 57.1 Å². The Morgan fingerprint density at radius 1 is 1.09 bits per heavy atom. The van der Waals surface area contributed by atoms with E-state index in [2.05, 4.69) is 57.7 Å². The fourth-order valence-electron chi connectivity index (χ4n) is 4.79. The predicted molar refractivity (Wildman–Crippen MR) is 132 cm³/mol. The molecule has 0 aromatic heterocycles. The number of benzene rings is 1. The van der Waals surface area contributed by atoms with Gasteiger partial charge in [0.05, 0.1) is 12.6 Å². The van der Waals surface area contributed by atoms with Crippen molar-refractivity contribution in [3.8, 4) is 0 Å². The van der Waals surface area contributed by atoms with Crippen molar-refractivity contribution in [3.05, 3.63) is 35.9 Å². The topological polar surface area (TPSA) is 86.0 Å². The Hall–Kier alpha value is -2.12. The van der Waals surface area contributed by atoms with Crippen LogP contribution in [-0.4, -0.2) is 74.0 Å². The molecule has 7 nitrogen and oxygen atoms in total. The second-order valence-electron chi connectivity index (χ2n) is 9.04. The van der Waals surface area contributed by atoms with Crippen molar-refractivity contribution in [1.82, 2.24) is 20.4 Å². The highest BCUT2D eigenvalue weighted by atomic mass is 16.1. The molecule has 0 spiro atoms. The molecule has 2 heterocycles. The lowest BCUT2D eigenvalue weighted by molar-refractivity contribution is -0.123. The molecule has 2 aliphatic rings. The zero-order chi connectivity index (χ0) is 22.6. The van der Waals surface area contributed by atoms with Crippen LogP contribution in [0.3, 0.4) is 0 Å². The van der Waals surface area contributed by atoms with Crippen molar-refractivity contribution in [3.63, 3.8) is 0 Å². The molecule has 0 bridgehead atoms. The van der Waals surface area contributed by atoms with E-state index in [1.807, 2.05) is 0 Å². The molecule has 2 aliphatic heterocycles. The molecule has 3 rings (SSSR count). The first-order valence-corrected chi connectivity index (χ1v) is 12.5. The maximum atomic E-state index is 11.3. The zero-order valence-corrected chi connectivity index (χ0v) is 19.8. The molecular formula is C25H42N6O. The third kappa shape index (κ3) is 7.78. The van der Waals surface area contributed by atoms with Crippen molar-refractivity contribution in [2.75, 3.05) is 52.4 Å². The van der Waals surface area contributed by atoms with Gasteiger partial charge in [-0.1, -0.05) is 30.3 Å². The summed E-state index contributed by atoms with van der Waals surface area (Å²) in [4.78, 5) is 21.3. The number of carbonyl (C=O) groups is 1. The van der Waals surface area contributed by atoms with E-state index in [4.69, 9.17) is 10.7 Å². The minimum Gasteiger partial charge on any atom is -0.369 e. The number of likely N-dealkylation sites (tertiary alicyclic amines) is 2. The standard InChI is InChI=1S/C25H42N6O/c1-2-27-25(28-14-6-7-15-30-18-12-22(13-19-30)24(26)32)29-20-23(31-16-8-9-17-31)21-10-4-3-5-11-21/h3-5,10-11,22-23H,2,6-9,12-20H2,1H3,(H2,26,32)(H2,27,28,29). The number of unbranched alkanes of at least 4 members (excludes halogenated alkanes) is 1. The van der Waals surface area contributed by atoms with E-state index in [1.54, 1.807) is 0 Å². The van der Waals surface area contributed by atoms with E-state index in [0.29, 0.717) is 6.04 Å². The number of nitrogens with two attached hydrogens (primary N) is 1. The first-order chi connectivity index (χ1) is 15.7. The Morgan fingerprint density at radius 3 is 2.47 bits per heavy atom. The molecule has 0 saturated carbocycles. The van der Waals surface area contributed by atoms with E-state index in [0.717, 1.165) is 84.0 Å². The van der Waals surface area contributed by atoms with Gasteiger partial charge in [-0.25, -0.2) is 0 Å². The highest BCUT2D eigenvalue weighted by Crippen LogP contribution is 2.25. The Kier molecular flexibility index (Phi) is 10.3. The Bertz CT molecular complexity index is 696. The number of amides is 1. The lowest BCUT2D eigenvalue weighted by Gasteiger charge is -2.30. The van der Waals surface area contributed by atoms with Gasteiger partial charge in [-0.3, -0.25) is 14.7 Å². The lowest BCUT2D eigenvalue weighted by Crippen LogP contribution is -2.40. The van der Waals surface area contributed by atoms with Gasteiger partial charge in [0.25, 0.3) is 0 Å². The van der Waals surface area contributed by atoms with Crippen molar-refractivity contribution in [2.45, 2.75) is 51.5 Å². The molecule has 0 radical (unpaired) electrons. The number of hydrogen-bond donors (Lipinski definition) is 3. The van der Waals surface area contributed by atoms with Crippen LogP contribution in [-0.2, 0) is 4.79 Å². The van der Waals surface area contributed by atoms with Crippen LogP contribution < -0.4 is 16.4 Å². The monoisotopic (exact) mass is 442 g/mol. The van der Waals surface area contributed by atoms with Gasteiger partial charge in [0.15, 0.2) is 5.96 Å². The average Bonchev–Trinajstić information content (AvgIpc) is 3.34. The van der Waals surface area contributed by atoms with Gasteiger partial charge < -0.3 is 21.3 Å². The Balaban J connectivity index is 1.42. The van der Waals surface area contributed by atoms with E-state index >= 15 is 0 Å². The highest BCUT2D eigenvalue weighted by molar-refractivity contribution is 5.79. The molecule has 7 heteroatoms. The summed E-state index contributed by atoms with van der Waals surface area (Å²) in [6, 6.07) is 11.1. The van der Waals surface area contributed by atoms with Crippen molar-refractivity contribution in [1.29, 1.82) is 0 Å². The van der Waals surface area contributed by atoms with E-state index in [1.165, 1.54) is 18.4 Å². The fraction of sp³-hybridized carbons (Fsp3) is 0.680. The number of guanidine groups is 1. The zero-order valence-electron chi connectivity index (χ0n) is 19.8. The minimum atomic E-state index is -0.136. The SMILES string of the molecule is CCNC(=NCC(c1ccccc1)N1CCCC1)NCCCCN1CCC(C(N)=O)CC1. The van der Waals surface area contributed by atoms with E-state index in [9.17, 15) is 4.79 Å². The van der Waals surface area contributed by atoms with Gasteiger partial charge in [0.1, 0.15) is 0 Å². The largest absolute Gasteiger partial charge is 0.369 e. The molecule has 1 unspecified atom stereocenters. The maximum absolute atomic E-state index is 11.3. The smallest absolute Gasteiger partial charge is 0.220 e. The van der Waals surface area contributed by atoms with Crippen LogP contribution in [0.15, 0.2) is 35.3 Å². The average molecular weight is 443 g/mol. The summed E-state index contributed by atoms with van der Waals surface area (Å²) in [5, 5.41) is 6.92. The summed E-state index contributed by atoms with van der Waals surface area (Å²) in [5.41, 5.74) is 6.79. The molecular weight excluding hydrogens is 400 g/mol. The molecule has 0 aliphatic carbocycles. The highest BCUT2D eigenvalue weighted by Gasteiger charge is 2.24. The molecule has 1 amide bonds. The quantitative estimate of drug-likeness (QED) is 0.278. The second kappa shape index (κ2) is 13.4. The maximum Gasteiger partial charge on any atom is 0.220 e. The van der Waals surface area contributed by atoms with Gasteiger partial charge in [0.2, 0.25) is 5.91 Å². The summed E-state index contributed by atoms with van der Waals surface area (Å²) < 4.78 is 0. The Labute approximate surface area is 193 Å². The van der Waals surface area contributed by atoms with Gasteiger partial charge >= 0.3 is 0 Å². The molecule has 32 heavy (non-hydrogen) atoms. The van der Waals surface area contributed by atoms with Crippen LogP contribution in [0, 0.1) is 5.92 Å². The summed E-state index contributed by atoms with van der Waals surface area (Å²) >= 11 is 0. The summed E-state index contributed by atoms with van der Waals surface area (Å²) in [6.45, 7) is 10.1. The number of piperidine rings is 1. The molecule has 1 aromatic carbocycles. The number of nitrogens with zero attached hydrogens (tertiary/aromatic N) is 3. The minimum absolute atomic E-state index is 0.0760. The summed E-state index contributed by atoms with van der Waals surface area (Å²) in [7, 11) is 0. The summed E-state index contributed by atoms with van der Waals surface area (Å²) in [5.74, 6) is 0.852. The number of aliphatic imine (C=N–C) groups is 1. The van der Waals surface area contributed by atoms with Crippen LogP contribution >= 0.6 is 0 Å². The molecule has 1 atom stereocenters. The first-order valence-electron chi connectivity index (χ1n) is 12.5. The Morgan fingerprint density at radius 2 is 1.81 bits per heavy atom. The molecule has 2 saturated heterocycles. The number of nitrogens with one attached hydrogen (secondary N) is 2. The van der Waals surface area contributed by atoms with E-state index < -0.39 is 0 Å². The molecule has 4 N–H and O–H groups in total. The normalized spacial score (nSPS) is 19.7. The number of primary amides is 1. The van der Waals surface area contributed by atoms with Crippen LogP contribution in [0.25, 0.3) is 0 Å². The van der Waals surface area contributed by atoms with E-state index in [-0.39, 0.29) is 11.8 Å². The van der Waals surface area contributed by atoms with Crippen LogP contribution in [0.5, 0.6) is 0 Å². The third-order valence-corrected chi connectivity index (χ3v) is 6.72. The second-order valence-corrected chi connectivity index (χ2v) is 9.04. The summed E-state index contributed by atoms with van der Waals surface area (Å²) in [6.07, 6.45) is 6.63. The van der Waals surface area contributed by atoms with Crippen molar-refractivity contribution >= 4 is 11.9 Å². The van der Waals surface area contributed by atoms with Crippen LogP contribution in [0.2, 0.25) is 0 Å². The predicted octanol–water partition coefficient (Wildman–Crippen LogP) is 2.36. The molecule has 1 aromatic rings. The van der Waals surface area contributed by atoms with Gasteiger partial charge in [-0.15, -0.1) is 0 Å². The van der Waals surface area contributed by atoms with Crippen molar-refractivity contribution in [2.24, 2.45) is 16.6 Å². The molecule has 178 valence electrons. The van der Waals surface area contributed by atoms with Crippen LogP contribution in [0.4, 0.5) is 0 Å². The number of carbonyl (C=O) groups excluding carboxylic acids is 1. The van der Waals surface area contributed by atoms with Gasteiger partial charge in [0, 0.05) is 19.0 Å². The van der Waals surface area contributed by atoms with Gasteiger partial charge in [-0.05, 0) is 83.7 Å². The lowest BCUT2D eigenvalue weighted by atomic mass is 9.96. The number of rotatable bonds is 11.